The van der Waals surface area contributed by atoms with Gasteiger partial charge in [-0.05, 0) is 30.7 Å². The van der Waals surface area contributed by atoms with Crippen LogP contribution in [0.3, 0.4) is 0 Å². The van der Waals surface area contributed by atoms with Crippen molar-refractivity contribution in [1.82, 2.24) is 9.78 Å². The van der Waals surface area contributed by atoms with E-state index in [0.717, 1.165) is 17.0 Å². The monoisotopic (exact) mass is 405 g/mol. The lowest BCUT2D eigenvalue weighted by Gasteiger charge is -2.26. The number of aromatic nitrogens is 2. The molecule has 0 bridgehead atoms. The summed E-state index contributed by atoms with van der Waals surface area (Å²) in [5.74, 6) is 1.43. The Balaban J connectivity index is 1.42. The number of hydrogen-bond acceptors (Lipinski definition) is 6. The number of nitrogens with zero attached hydrogens (tertiary/aromatic N) is 2. The summed E-state index contributed by atoms with van der Waals surface area (Å²) < 4.78 is 41.1. The molecule has 0 amide bonds. The van der Waals surface area contributed by atoms with E-state index in [9.17, 15) is 8.42 Å². The number of thiophene rings is 1. The summed E-state index contributed by atoms with van der Waals surface area (Å²) in [4.78, 5) is 1.03. The molecule has 1 aliphatic heterocycles. The maximum Gasteiger partial charge on any atom is 0.271 e. The zero-order valence-corrected chi connectivity index (χ0v) is 16.3. The Kier molecular flexibility index (Phi) is 4.79. The largest absolute Gasteiger partial charge is 0.486 e. The van der Waals surface area contributed by atoms with E-state index >= 15 is 0 Å². The first kappa shape index (κ1) is 17.9. The van der Waals surface area contributed by atoms with Gasteiger partial charge < -0.3 is 9.47 Å². The molecule has 27 heavy (non-hydrogen) atoms. The highest BCUT2D eigenvalue weighted by Gasteiger charge is 2.22. The van der Waals surface area contributed by atoms with E-state index in [-0.39, 0.29) is 6.10 Å². The van der Waals surface area contributed by atoms with Crippen molar-refractivity contribution in [3.8, 4) is 11.5 Å². The quantitative estimate of drug-likeness (QED) is 0.681. The van der Waals surface area contributed by atoms with Gasteiger partial charge in [-0.25, -0.2) is 8.42 Å². The van der Waals surface area contributed by atoms with E-state index in [4.69, 9.17) is 9.47 Å². The van der Waals surface area contributed by atoms with E-state index in [1.165, 1.54) is 17.5 Å². The molecule has 2 aromatic heterocycles. The fraction of sp³-hybridized carbons (Fsp3) is 0.278. The van der Waals surface area contributed by atoms with Crippen LogP contribution in [0.1, 0.15) is 11.8 Å². The van der Waals surface area contributed by atoms with Gasteiger partial charge >= 0.3 is 0 Å². The average molecular weight is 406 g/mol. The van der Waals surface area contributed by atoms with Crippen LogP contribution in [-0.2, 0) is 23.0 Å². The number of sulfonamides is 1. The molecule has 3 heterocycles. The number of aryl methyl sites for hydroxylation is 1. The summed E-state index contributed by atoms with van der Waals surface area (Å²) in [6.45, 7) is 2.86. The Labute approximate surface area is 161 Å². The molecule has 3 aromatic rings. The molecule has 0 saturated carbocycles. The summed E-state index contributed by atoms with van der Waals surface area (Å²) in [6.07, 6.45) is 3.75. The van der Waals surface area contributed by atoms with Crippen molar-refractivity contribution in [3.63, 3.8) is 0 Å². The third-order valence-corrected chi connectivity index (χ3v) is 7.20. The van der Waals surface area contributed by atoms with Crippen LogP contribution in [0.2, 0.25) is 0 Å². The predicted octanol–water partition coefficient (Wildman–Crippen LogP) is 3.15. The molecule has 142 valence electrons. The van der Waals surface area contributed by atoms with E-state index in [2.05, 4.69) is 9.82 Å². The van der Waals surface area contributed by atoms with Crippen LogP contribution in [0, 0.1) is 0 Å². The van der Waals surface area contributed by atoms with Gasteiger partial charge in [0, 0.05) is 11.1 Å². The van der Waals surface area contributed by atoms with Crippen LogP contribution < -0.4 is 14.2 Å². The Morgan fingerprint density at radius 1 is 1.26 bits per heavy atom. The van der Waals surface area contributed by atoms with Crippen LogP contribution in [0.5, 0.6) is 11.5 Å². The maximum absolute atomic E-state index is 12.5. The molecule has 1 aliphatic rings. The van der Waals surface area contributed by atoms with Crippen LogP contribution in [0.4, 0.5) is 5.69 Å². The number of fused-ring (bicyclic) bond motifs is 1. The lowest BCUT2D eigenvalue weighted by Crippen LogP contribution is -2.33. The first-order valence-electron chi connectivity index (χ1n) is 8.56. The Hall–Kier alpha value is -2.52. The molecular weight excluding hydrogens is 386 g/mol. The van der Waals surface area contributed by atoms with E-state index in [1.807, 2.05) is 37.3 Å². The van der Waals surface area contributed by atoms with Crippen molar-refractivity contribution < 1.29 is 17.9 Å². The topological polar surface area (TPSA) is 82.5 Å². The Bertz CT molecular complexity index is 1040. The number of ether oxygens (including phenoxy) is 2. The zero-order chi connectivity index (χ0) is 18.9. The smallest absolute Gasteiger partial charge is 0.271 e. The minimum Gasteiger partial charge on any atom is -0.486 e. The standard InChI is InChI=1S/C18H19N3O4S2/c1-2-15-7-8-18(26-15)27(22,23)20-13-9-19-21(10-13)11-14-12-24-16-5-3-4-6-17(16)25-14/h3-10,14,20H,2,11-12H2,1H3. The second-order valence-corrected chi connectivity index (χ2v) is 9.21. The molecule has 1 atom stereocenters. The van der Waals surface area contributed by atoms with Gasteiger partial charge in [-0.3, -0.25) is 9.40 Å². The van der Waals surface area contributed by atoms with Gasteiger partial charge in [-0.15, -0.1) is 11.3 Å². The van der Waals surface area contributed by atoms with Crippen LogP contribution in [0.15, 0.2) is 53.0 Å². The van der Waals surface area contributed by atoms with E-state index in [1.54, 1.807) is 16.9 Å². The second kappa shape index (κ2) is 7.24. The lowest BCUT2D eigenvalue weighted by molar-refractivity contribution is 0.0759. The van der Waals surface area contributed by atoms with Crippen molar-refractivity contribution in [2.24, 2.45) is 0 Å². The Morgan fingerprint density at radius 3 is 2.85 bits per heavy atom. The summed E-state index contributed by atoms with van der Waals surface area (Å²) in [5.41, 5.74) is 0.415. The average Bonchev–Trinajstić information content (AvgIpc) is 3.31. The van der Waals surface area contributed by atoms with Crippen molar-refractivity contribution in [3.05, 3.63) is 53.7 Å². The van der Waals surface area contributed by atoms with E-state index in [0.29, 0.717) is 28.8 Å². The first-order chi connectivity index (χ1) is 13.0. The summed E-state index contributed by atoms with van der Waals surface area (Å²) >= 11 is 1.27. The van der Waals surface area contributed by atoms with Crippen molar-refractivity contribution in [1.29, 1.82) is 0 Å². The molecule has 0 spiro atoms. The summed E-state index contributed by atoms with van der Waals surface area (Å²) in [5, 5.41) is 4.22. The number of para-hydroxylation sites is 2. The van der Waals surface area contributed by atoms with Gasteiger partial charge in [-0.1, -0.05) is 19.1 Å². The third kappa shape index (κ3) is 3.93. The molecule has 1 unspecified atom stereocenters. The fourth-order valence-electron chi connectivity index (χ4n) is 2.78. The normalized spacial score (nSPS) is 16.3. The predicted molar refractivity (Wildman–Crippen MR) is 103 cm³/mol. The molecule has 0 radical (unpaired) electrons. The number of rotatable bonds is 6. The highest BCUT2D eigenvalue weighted by atomic mass is 32.2. The molecule has 1 N–H and O–H groups in total. The molecule has 0 saturated heterocycles. The second-order valence-electron chi connectivity index (χ2n) is 6.13. The number of hydrogen-bond donors (Lipinski definition) is 1. The Morgan fingerprint density at radius 2 is 2.07 bits per heavy atom. The van der Waals surface area contributed by atoms with Crippen molar-refractivity contribution in [2.45, 2.75) is 30.2 Å². The minimum absolute atomic E-state index is 0.200. The minimum atomic E-state index is -3.60. The summed E-state index contributed by atoms with van der Waals surface area (Å²) in [7, 11) is -3.60. The van der Waals surface area contributed by atoms with Gasteiger partial charge in [0.25, 0.3) is 10.0 Å². The van der Waals surface area contributed by atoms with Gasteiger partial charge in [0.1, 0.15) is 10.8 Å². The highest BCUT2D eigenvalue weighted by Crippen LogP contribution is 2.31. The number of anilines is 1. The first-order valence-corrected chi connectivity index (χ1v) is 10.9. The molecule has 1 aromatic carbocycles. The zero-order valence-electron chi connectivity index (χ0n) is 14.7. The van der Waals surface area contributed by atoms with Gasteiger partial charge in [0.2, 0.25) is 0 Å². The van der Waals surface area contributed by atoms with Gasteiger partial charge in [0.15, 0.2) is 17.6 Å². The highest BCUT2D eigenvalue weighted by molar-refractivity contribution is 7.94. The number of benzene rings is 1. The molecule has 4 rings (SSSR count). The van der Waals surface area contributed by atoms with Crippen molar-refractivity contribution in [2.75, 3.05) is 11.3 Å². The third-order valence-electron chi connectivity index (χ3n) is 4.09. The fourth-order valence-corrected chi connectivity index (χ4v) is 5.10. The molecule has 7 nitrogen and oxygen atoms in total. The van der Waals surface area contributed by atoms with Crippen molar-refractivity contribution >= 4 is 27.0 Å². The molecular formula is C18H19N3O4S2. The van der Waals surface area contributed by atoms with Gasteiger partial charge in [-0.2, -0.15) is 5.10 Å². The lowest BCUT2D eigenvalue weighted by atomic mass is 10.2. The molecule has 0 fully saturated rings. The van der Waals surface area contributed by atoms with E-state index < -0.39 is 10.0 Å². The summed E-state index contributed by atoms with van der Waals surface area (Å²) in [6, 6.07) is 11.0. The van der Waals surface area contributed by atoms with Crippen LogP contribution >= 0.6 is 11.3 Å². The van der Waals surface area contributed by atoms with Crippen LogP contribution in [0.25, 0.3) is 0 Å². The maximum atomic E-state index is 12.5. The SMILES string of the molecule is CCc1ccc(S(=O)(=O)Nc2cnn(CC3COc4ccccc4O3)c2)s1. The van der Waals surface area contributed by atoms with Crippen LogP contribution in [-0.4, -0.2) is 30.9 Å². The number of nitrogens with one attached hydrogen (secondary N) is 1. The molecule has 9 heteroatoms. The van der Waals surface area contributed by atoms with Gasteiger partial charge in [0.05, 0.1) is 18.4 Å². The molecule has 0 aliphatic carbocycles.